The lowest BCUT2D eigenvalue weighted by molar-refractivity contribution is -0.146. The van der Waals surface area contributed by atoms with E-state index in [1.807, 2.05) is 0 Å². The Kier molecular flexibility index (Phi) is 4.88. The van der Waals surface area contributed by atoms with Crippen LogP contribution in [0, 0.1) is 17.0 Å². The van der Waals surface area contributed by atoms with Gasteiger partial charge in [0.25, 0.3) is 0 Å². The van der Waals surface area contributed by atoms with Crippen molar-refractivity contribution in [3.8, 4) is 0 Å². The Morgan fingerprint density at radius 3 is 2.84 bits per heavy atom. The molecule has 0 aromatic heterocycles. The molecule has 0 radical (unpaired) electrons. The third-order valence-electron chi connectivity index (χ3n) is 5.24. The summed E-state index contributed by atoms with van der Waals surface area (Å²) in [6.45, 7) is 5.12. The second-order valence-electron chi connectivity index (χ2n) is 6.88. The zero-order valence-corrected chi connectivity index (χ0v) is 14.1. The Morgan fingerprint density at radius 1 is 1.28 bits per heavy atom. The van der Waals surface area contributed by atoms with Crippen molar-refractivity contribution in [3.63, 3.8) is 0 Å². The molecule has 1 spiro atoms. The number of amides is 2. The summed E-state index contributed by atoms with van der Waals surface area (Å²) in [5.74, 6) is -1.88. The minimum absolute atomic E-state index is 0.0204. The zero-order chi connectivity index (χ0) is 18.0. The first-order valence-electron chi connectivity index (χ1n) is 8.58. The SMILES string of the molecule is C=CCC(=O)N1CC[C@@]2(CCCN(Cc3cccc(F)c3F)C2=O)C1. The van der Waals surface area contributed by atoms with E-state index < -0.39 is 17.0 Å². The van der Waals surface area contributed by atoms with Crippen LogP contribution in [0.5, 0.6) is 0 Å². The maximum absolute atomic E-state index is 13.9. The summed E-state index contributed by atoms with van der Waals surface area (Å²) < 4.78 is 27.3. The average molecular weight is 348 g/mol. The maximum atomic E-state index is 13.9. The molecular weight excluding hydrogens is 326 g/mol. The van der Waals surface area contributed by atoms with Gasteiger partial charge in [-0.2, -0.15) is 0 Å². The largest absolute Gasteiger partial charge is 0.341 e. The summed E-state index contributed by atoms with van der Waals surface area (Å²) in [4.78, 5) is 28.4. The van der Waals surface area contributed by atoms with E-state index in [9.17, 15) is 18.4 Å². The van der Waals surface area contributed by atoms with Crippen LogP contribution in [0.1, 0.15) is 31.2 Å². The van der Waals surface area contributed by atoms with Crippen LogP contribution in [-0.4, -0.2) is 41.2 Å². The van der Waals surface area contributed by atoms with E-state index in [-0.39, 0.29) is 30.3 Å². The second kappa shape index (κ2) is 6.94. The standard InChI is InChI=1S/C19H22F2N2O2/c1-2-5-16(24)23-11-9-19(13-23)8-4-10-22(18(19)25)12-14-6-3-7-15(20)17(14)21/h2-3,6-7H,1,4-5,8-13H2/t19-/m0/s1. The Bertz CT molecular complexity index is 707. The minimum Gasteiger partial charge on any atom is -0.341 e. The van der Waals surface area contributed by atoms with Crippen LogP contribution in [0.4, 0.5) is 8.78 Å². The fraction of sp³-hybridized carbons (Fsp3) is 0.474. The molecule has 0 bridgehead atoms. The molecule has 0 unspecified atom stereocenters. The number of benzene rings is 1. The van der Waals surface area contributed by atoms with Gasteiger partial charge in [-0.1, -0.05) is 18.2 Å². The fourth-order valence-electron chi connectivity index (χ4n) is 3.90. The highest BCUT2D eigenvalue weighted by molar-refractivity contribution is 5.86. The molecule has 2 heterocycles. The van der Waals surface area contributed by atoms with Crippen molar-refractivity contribution in [2.45, 2.75) is 32.2 Å². The summed E-state index contributed by atoms with van der Waals surface area (Å²) in [7, 11) is 0. The molecule has 4 nitrogen and oxygen atoms in total. The first-order valence-corrected chi connectivity index (χ1v) is 8.58. The van der Waals surface area contributed by atoms with Gasteiger partial charge < -0.3 is 9.80 Å². The monoisotopic (exact) mass is 348 g/mol. The van der Waals surface area contributed by atoms with Crippen molar-refractivity contribution >= 4 is 11.8 Å². The molecule has 25 heavy (non-hydrogen) atoms. The lowest BCUT2D eigenvalue weighted by Gasteiger charge is -2.39. The zero-order valence-electron chi connectivity index (χ0n) is 14.1. The number of nitrogens with zero attached hydrogens (tertiary/aromatic N) is 2. The van der Waals surface area contributed by atoms with Gasteiger partial charge in [-0.25, -0.2) is 8.78 Å². The lowest BCUT2D eigenvalue weighted by atomic mass is 9.78. The molecule has 2 aliphatic heterocycles. The molecule has 3 rings (SSSR count). The lowest BCUT2D eigenvalue weighted by Crippen LogP contribution is -2.50. The van der Waals surface area contributed by atoms with Gasteiger partial charge in [-0.05, 0) is 25.3 Å². The number of rotatable bonds is 4. The van der Waals surface area contributed by atoms with Crippen LogP contribution >= 0.6 is 0 Å². The molecule has 1 aromatic rings. The summed E-state index contributed by atoms with van der Waals surface area (Å²) >= 11 is 0. The van der Waals surface area contributed by atoms with Crippen molar-refractivity contribution in [1.29, 1.82) is 0 Å². The third kappa shape index (κ3) is 3.30. The number of piperidine rings is 1. The molecule has 2 fully saturated rings. The number of likely N-dealkylation sites (tertiary alicyclic amines) is 2. The Morgan fingerprint density at radius 2 is 2.08 bits per heavy atom. The Hall–Kier alpha value is -2.24. The van der Waals surface area contributed by atoms with Crippen LogP contribution < -0.4 is 0 Å². The number of halogens is 2. The van der Waals surface area contributed by atoms with E-state index in [1.165, 1.54) is 12.1 Å². The average Bonchev–Trinajstić information content (AvgIpc) is 3.02. The van der Waals surface area contributed by atoms with Gasteiger partial charge in [0.15, 0.2) is 11.6 Å². The van der Waals surface area contributed by atoms with Gasteiger partial charge in [0, 0.05) is 38.2 Å². The molecule has 2 saturated heterocycles. The molecule has 134 valence electrons. The molecule has 2 amide bonds. The van der Waals surface area contributed by atoms with Gasteiger partial charge in [0.2, 0.25) is 11.8 Å². The van der Waals surface area contributed by atoms with E-state index in [1.54, 1.807) is 15.9 Å². The van der Waals surface area contributed by atoms with Gasteiger partial charge in [-0.15, -0.1) is 6.58 Å². The summed E-state index contributed by atoms with van der Waals surface area (Å²) in [6, 6.07) is 4.02. The molecule has 0 saturated carbocycles. The van der Waals surface area contributed by atoms with Crippen molar-refractivity contribution < 1.29 is 18.4 Å². The highest BCUT2D eigenvalue weighted by Gasteiger charge is 2.49. The normalized spacial score (nSPS) is 23.4. The molecular formula is C19H22F2N2O2. The van der Waals surface area contributed by atoms with Crippen LogP contribution in [-0.2, 0) is 16.1 Å². The fourth-order valence-corrected chi connectivity index (χ4v) is 3.90. The smallest absolute Gasteiger partial charge is 0.230 e. The van der Waals surface area contributed by atoms with Gasteiger partial charge in [0.1, 0.15) is 0 Å². The van der Waals surface area contributed by atoms with Crippen LogP contribution in [0.2, 0.25) is 0 Å². The van der Waals surface area contributed by atoms with E-state index in [0.717, 1.165) is 18.9 Å². The maximum Gasteiger partial charge on any atom is 0.230 e. The van der Waals surface area contributed by atoms with Crippen LogP contribution in [0.15, 0.2) is 30.9 Å². The second-order valence-corrected chi connectivity index (χ2v) is 6.88. The Labute approximate surface area is 146 Å². The van der Waals surface area contributed by atoms with E-state index in [4.69, 9.17) is 0 Å². The van der Waals surface area contributed by atoms with Crippen molar-refractivity contribution in [2.75, 3.05) is 19.6 Å². The van der Waals surface area contributed by atoms with E-state index in [0.29, 0.717) is 26.1 Å². The van der Waals surface area contributed by atoms with Crippen molar-refractivity contribution in [2.24, 2.45) is 5.41 Å². The molecule has 6 heteroatoms. The van der Waals surface area contributed by atoms with Gasteiger partial charge in [-0.3, -0.25) is 9.59 Å². The van der Waals surface area contributed by atoms with Crippen molar-refractivity contribution in [1.82, 2.24) is 9.80 Å². The summed E-state index contributed by atoms with van der Waals surface area (Å²) in [5.41, 5.74) is -0.401. The highest BCUT2D eigenvalue weighted by atomic mass is 19.2. The first-order chi connectivity index (χ1) is 12.0. The topological polar surface area (TPSA) is 40.6 Å². The van der Waals surface area contributed by atoms with E-state index in [2.05, 4.69) is 6.58 Å². The quantitative estimate of drug-likeness (QED) is 0.785. The molecule has 0 aliphatic carbocycles. The summed E-state index contributed by atoms with van der Waals surface area (Å²) in [5, 5.41) is 0. The minimum atomic E-state index is -0.904. The Balaban J connectivity index is 1.74. The molecule has 0 N–H and O–H groups in total. The number of carbonyl (C=O) groups excluding carboxylic acids is 2. The molecule has 2 aliphatic rings. The van der Waals surface area contributed by atoms with E-state index >= 15 is 0 Å². The van der Waals surface area contributed by atoms with Gasteiger partial charge in [0.05, 0.1) is 5.41 Å². The summed E-state index contributed by atoms with van der Waals surface area (Å²) in [6.07, 6.45) is 3.98. The highest BCUT2D eigenvalue weighted by Crippen LogP contribution is 2.40. The molecule has 1 aromatic carbocycles. The number of hydrogen-bond acceptors (Lipinski definition) is 2. The predicted molar refractivity (Wildman–Crippen MR) is 89.5 cm³/mol. The van der Waals surface area contributed by atoms with Crippen LogP contribution in [0.25, 0.3) is 0 Å². The van der Waals surface area contributed by atoms with Crippen LogP contribution in [0.3, 0.4) is 0 Å². The first kappa shape index (κ1) is 17.6. The number of carbonyl (C=O) groups is 2. The van der Waals surface area contributed by atoms with Crippen molar-refractivity contribution in [3.05, 3.63) is 48.1 Å². The van der Waals surface area contributed by atoms with Gasteiger partial charge >= 0.3 is 0 Å². The number of hydrogen-bond donors (Lipinski definition) is 0. The third-order valence-corrected chi connectivity index (χ3v) is 5.24. The molecule has 1 atom stereocenters. The predicted octanol–water partition coefficient (Wildman–Crippen LogP) is 2.88.